The number of amides is 1. The Balaban J connectivity index is 1.30. The Bertz CT molecular complexity index is 1210. The number of nitrogens with zero attached hydrogens (tertiary/aromatic N) is 2. The van der Waals surface area contributed by atoms with Gasteiger partial charge in [-0.3, -0.25) is 9.78 Å². The summed E-state index contributed by atoms with van der Waals surface area (Å²) in [6, 6.07) is 19.2. The van der Waals surface area contributed by atoms with Crippen LogP contribution in [0.1, 0.15) is 22.0 Å². The Kier molecular flexibility index (Phi) is 6.99. The van der Waals surface area contributed by atoms with Crippen molar-refractivity contribution in [1.29, 1.82) is 0 Å². The van der Waals surface area contributed by atoms with Crippen LogP contribution in [0.4, 0.5) is 10.1 Å². The monoisotopic (exact) mass is 445 g/mol. The van der Waals surface area contributed by atoms with E-state index in [-0.39, 0.29) is 24.8 Å². The highest BCUT2D eigenvalue weighted by Crippen LogP contribution is 2.17. The van der Waals surface area contributed by atoms with Crippen LogP contribution in [-0.2, 0) is 17.8 Å². The molecule has 2 heterocycles. The topological polar surface area (TPSA) is 64.1 Å². The molecule has 2 aromatic heterocycles. The summed E-state index contributed by atoms with van der Waals surface area (Å²) in [4.78, 5) is 21.2. The molecule has 7 heteroatoms. The van der Waals surface area contributed by atoms with Crippen LogP contribution in [0.5, 0.6) is 5.75 Å². The minimum absolute atomic E-state index is 0.146. The summed E-state index contributed by atoms with van der Waals surface area (Å²) in [5, 5.41) is 5.50. The van der Waals surface area contributed by atoms with Crippen molar-refractivity contribution in [3.05, 3.63) is 106 Å². The van der Waals surface area contributed by atoms with E-state index in [1.165, 1.54) is 23.5 Å². The van der Waals surface area contributed by atoms with Crippen molar-refractivity contribution in [1.82, 2.24) is 9.97 Å². The molecule has 4 aromatic rings. The van der Waals surface area contributed by atoms with Crippen LogP contribution in [0.3, 0.4) is 0 Å². The molecule has 0 unspecified atom stereocenters. The number of hydrogen-bond donors (Lipinski definition) is 1. The lowest BCUT2D eigenvalue weighted by Gasteiger charge is -2.05. The van der Waals surface area contributed by atoms with Gasteiger partial charge in [0.2, 0.25) is 5.91 Å². The number of benzene rings is 2. The van der Waals surface area contributed by atoms with Crippen LogP contribution in [0.15, 0.2) is 78.3 Å². The van der Waals surface area contributed by atoms with Gasteiger partial charge in [0.05, 0.1) is 17.8 Å². The van der Waals surface area contributed by atoms with Gasteiger partial charge in [-0.15, -0.1) is 11.3 Å². The lowest BCUT2D eigenvalue weighted by molar-refractivity contribution is -0.115. The van der Waals surface area contributed by atoms with E-state index in [4.69, 9.17) is 4.74 Å². The number of carbonyl (C=O) groups excluding carboxylic acids is 1. The first kappa shape index (κ1) is 21.4. The lowest BCUT2D eigenvalue weighted by atomic mass is 10.1. The fourth-order valence-electron chi connectivity index (χ4n) is 2.92. The summed E-state index contributed by atoms with van der Waals surface area (Å²) in [6.45, 7) is 0.266. The molecule has 0 aliphatic rings. The Morgan fingerprint density at radius 3 is 2.75 bits per heavy atom. The fourth-order valence-corrected chi connectivity index (χ4v) is 3.62. The van der Waals surface area contributed by atoms with Crippen LogP contribution in [0.25, 0.3) is 12.2 Å². The van der Waals surface area contributed by atoms with E-state index in [1.807, 2.05) is 60.0 Å². The van der Waals surface area contributed by atoms with Gasteiger partial charge in [-0.1, -0.05) is 24.3 Å². The summed E-state index contributed by atoms with van der Waals surface area (Å²) in [6.07, 6.45) is 5.79. The van der Waals surface area contributed by atoms with Gasteiger partial charge in [0.1, 0.15) is 23.2 Å². The van der Waals surface area contributed by atoms with Gasteiger partial charge >= 0.3 is 0 Å². The molecule has 0 fully saturated rings. The number of rotatable bonds is 8. The molecule has 2 aromatic carbocycles. The summed E-state index contributed by atoms with van der Waals surface area (Å²) in [5.41, 5.74) is 3.22. The van der Waals surface area contributed by atoms with E-state index in [0.717, 1.165) is 16.3 Å². The highest BCUT2D eigenvalue weighted by molar-refractivity contribution is 7.09. The zero-order chi connectivity index (χ0) is 22.2. The largest absolute Gasteiger partial charge is 0.486 e. The molecule has 0 aliphatic heterocycles. The van der Waals surface area contributed by atoms with Crippen molar-refractivity contribution in [3.63, 3.8) is 0 Å². The Morgan fingerprint density at radius 1 is 1.06 bits per heavy atom. The number of thiazole rings is 1. The van der Waals surface area contributed by atoms with Crippen molar-refractivity contribution < 1.29 is 13.9 Å². The van der Waals surface area contributed by atoms with Crippen LogP contribution in [-0.4, -0.2) is 15.9 Å². The maximum atomic E-state index is 13.0. The molecule has 5 nitrogen and oxygen atoms in total. The maximum Gasteiger partial charge on any atom is 0.230 e. The minimum Gasteiger partial charge on any atom is -0.486 e. The molecule has 0 spiro atoms. The maximum absolute atomic E-state index is 13.0. The lowest BCUT2D eigenvalue weighted by Crippen LogP contribution is -2.14. The third-order valence-electron chi connectivity index (χ3n) is 4.42. The van der Waals surface area contributed by atoms with Crippen molar-refractivity contribution in [2.45, 2.75) is 13.0 Å². The number of aromatic nitrogens is 2. The fraction of sp³-hybridized carbons (Fsp3) is 0.0800. The number of halogens is 1. The molecule has 0 radical (unpaired) electrons. The summed E-state index contributed by atoms with van der Waals surface area (Å²) in [5.74, 6) is 0.111. The third kappa shape index (κ3) is 6.33. The first-order valence-corrected chi connectivity index (χ1v) is 10.8. The molecule has 0 saturated carbocycles. The second kappa shape index (κ2) is 10.5. The number of pyridine rings is 1. The predicted octanol–water partition coefficient (Wildman–Crippen LogP) is 5.61. The molecule has 0 bridgehead atoms. The Labute approximate surface area is 189 Å². The molecule has 32 heavy (non-hydrogen) atoms. The van der Waals surface area contributed by atoms with E-state index < -0.39 is 0 Å². The Hall–Kier alpha value is -3.84. The molecule has 0 atom stereocenters. The van der Waals surface area contributed by atoms with Crippen LogP contribution < -0.4 is 10.1 Å². The second-order valence-electron chi connectivity index (χ2n) is 6.91. The number of anilines is 1. The van der Waals surface area contributed by atoms with Gasteiger partial charge < -0.3 is 10.1 Å². The number of hydrogen-bond acceptors (Lipinski definition) is 5. The van der Waals surface area contributed by atoms with Crippen molar-refractivity contribution in [2.75, 3.05) is 5.32 Å². The molecule has 0 aliphatic carbocycles. The van der Waals surface area contributed by atoms with E-state index >= 15 is 0 Å². The second-order valence-corrected chi connectivity index (χ2v) is 7.86. The van der Waals surface area contributed by atoms with Gasteiger partial charge in [0.25, 0.3) is 0 Å². The molecule has 4 rings (SSSR count). The molecule has 1 N–H and O–H groups in total. The van der Waals surface area contributed by atoms with E-state index in [9.17, 15) is 9.18 Å². The number of nitrogens with one attached hydrogen (secondary N) is 1. The summed E-state index contributed by atoms with van der Waals surface area (Å²) in [7, 11) is 0. The third-order valence-corrected chi connectivity index (χ3v) is 5.29. The van der Waals surface area contributed by atoms with Gasteiger partial charge in [-0.05, 0) is 60.2 Å². The highest BCUT2D eigenvalue weighted by atomic mass is 32.1. The average molecular weight is 446 g/mol. The van der Waals surface area contributed by atoms with Gasteiger partial charge in [-0.2, -0.15) is 0 Å². The summed E-state index contributed by atoms with van der Waals surface area (Å²) >= 11 is 1.42. The SMILES string of the molecule is O=C(Cc1csc(COc2ccc(F)cc2)n1)Nc1cccc(/C=C/c2ccccn2)c1. The molecule has 160 valence electrons. The van der Waals surface area contributed by atoms with Crippen LogP contribution in [0, 0.1) is 5.82 Å². The van der Waals surface area contributed by atoms with E-state index in [2.05, 4.69) is 15.3 Å². The molecule has 1 amide bonds. The minimum atomic E-state index is -0.311. The van der Waals surface area contributed by atoms with Crippen LogP contribution in [0.2, 0.25) is 0 Å². The quantitative estimate of drug-likeness (QED) is 0.383. The normalized spacial score (nSPS) is 10.9. The van der Waals surface area contributed by atoms with Crippen molar-refractivity contribution >= 4 is 35.1 Å². The van der Waals surface area contributed by atoms with Gasteiger partial charge in [0.15, 0.2) is 0 Å². The first-order chi connectivity index (χ1) is 15.6. The van der Waals surface area contributed by atoms with Crippen molar-refractivity contribution in [3.8, 4) is 5.75 Å². The van der Waals surface area contributed by atoms with E-state index in [0.29, 0.717) is 17.1 Å². The highest BCUT2D eigenvalue weighted by Gasteiger charge is 2.09. The average Bonchev–Trinajstić information content (AvgIpc) is 3.25. The first-order valence-electron chi connectivity index (χ1n) is 9.95. The van der Waals surface area contributed by atoms with E-state index in [1.54, 1.807) is 18.3 Å². The summed E-state index contributed by atoms with van der Waals surface area (Å²) < 4.78 is 18.6. The Morgan fingerprint density at radius 2 is 1.94 bits per heavy atom. The zero-order valence-corrected chi connectivity index (χ0v) is 17.9. The predicted molar refractivity (Wildman–Crippen MR) is 125 cm³/mol. The molecular formula is C25H20FN3O2S. The standard InChI is InChI=1S/C25H20FN3O2S/c26-19-8-11-23(12-9-19)31-16-25-29-22(17-32-25)15-24(30)28-21-6-3-4-18(14-21)7-10-20-5-1-2-13-27-20/h1-14,17H,15-16H2,(H,28,30)/b10-7+. The van der Waals surface area contributed by atoms with Crippen molar-refractivity contribution in [2.24, 2.45) is 0 Å². The zero-order valence-electron chi connectivity index (χ0n) is 17.1. The number of ether oxygens (including phenoxy) is 1. The van der Waals surface area contributed by atoms with Gasteiger partial charge in [-0.25, -0.2) is 9.37 Å². The van der Waals surface area contributed by atoms with Crippen LogP contribution >= 0.6 is 11.3 Å². The van der Waals surface area contributed by atoms with Gasteiger partial charge in [0, 0.05) is 17.3 Å². The molecule has 0 saturated heterocycles. The molecular weight excluding hydrogens is 425 g/mol. The number of carbonyl (C=O) groups is 1. The smallest absolute Gasteiger partial charge is 0.230 e.